The SMILES string of the molecule is CCC/C=C\[C@@H](O)CC/C=C\C=C\[C@@H](O)C/C=C\CCCC(=O)O. The molecule has 0 radical (unpaired) electrons. The van der Waals surface area contributed by atoms with Crippen molar-refractivity contribution in [2.45, 2.75) is 70.5 Å². The standard InChI is InChI=1S/C20H32O4/c1-2-3-8-13-18(21)14-9-4-5-10-15-19(22)16-11-6-7-12-17-20(23)24/h4-6,8,10-11,13,15,18-19,21-22H,2-3,7,9,12,14,16-17H2,1H3,(H,23,24)/b5-4-,11-6-,13-8-,15-10+/t18-,19-/m1/s1. The molecule has 0 aliphatic carbocycles. The summed E-state index contributed by atoms with van der Waals surface area (Å²) in [7, 11) is 0. The van der Waals surface area contributed by atoms with Gasteiger partial charge in [0.2, 0.25) is 0 Å². The molecule has 0 rings (SSSR count). The van der Waals surface area contributed by atoms with Crippen molar-refractivity contribution in [2.24, 2.45) is 0 Å². The second-order valence-corrected chi connectivity index (χ2v) is 5.73. The molecule has 0 heterocycles. The van der Waals surface area contributed by atoms with E-state index in [9.17, 15) is 15.0 Å². The highest BCUT2D eigenvalue weighted by Crippen LogP contribution is 2.03. The van der Waals surface area contributed by atoms with Crippen LogP contribution in [0.15, 0.2) is 48.6 Å². The van der Waals surface area contributed by atoms with Crippen LogP contribution >= 0.6 is 0 Å². The molecule has 3 N–H and O–H groups in total. The average molecular weight is 336 g/mol. The Morgan fingerprint density at radius 2 is 1.71 bits per heavy atom. The minimum atomic E-state index is -0.775. The Kier molecular flexibility index (Phi) is 15.1. The molecule has 4 heteroatoms. The fourth-order valence-electron chi connectivity index (χ4n) is 1.95. The lowest BCUT2D eigenvalue weighted by molar-refractivity contribution is -0.137. The number of aliphatic carboxylic acids is 1. The molecule has 0 unspecified atom stereocenters. The molecular weight excluding hydrogens is 304 g/mol. The normalized spacial score (nSPS) is 15.1. The highest BCUT2D eigenvalue weighted by atomic mass is 16.4. The van der Waals surface area contributed by atoms with E-state index in [1.54, 1.807) is 6.08 Å². The quantitative estimate of drug-likeness (QED) is 0.253. The lowest BCUT2D eigenvalue weighted by Gasteiger charge is -2.02. The minimum Gasteiger partial charge on any atom is -0.481 e. The summed E-state index contributed by atoms with van der Waals surface area (Å²) in [5.41, 5.74) is 0. The van der Waals surface area contributed by atoms with E-state index in [4.69, 9.17) is 5.11 Å². The summed E-state index contributed by atoms with van der Waals surface area (Å²) in [5.74, 6) is -0.775. The van der Waals surface area contributed by atoms with Gasteiger partial charge >= 0.3 is 5.97 Å². The number of aliphatic hydroxyl groups is 2. The van der Waals surface area contributed by atoms with E-state index in [-0.39, 0.29) is 12.5 Å². The molecule has 0 aliphatic heterocycles. The minimum absolute atomic E-state index is 0.181. The van der Waals surface area contributed by atoms with Crippen LogP contribution in [0.3, 0.4) is 0 Å². The van der Waals surface area contributed by atoms with Crippen molar-refractivity contribution >= 4 is 5.97 Å². The molecule has 0 aromatic rings. The molecule has 136 valence electrons. The molecule has 2 atom stereocenters. The predicted octanol–water partition coefficient (Wildman–Crippen LogP) is 4.16. The van der Waals surface area contributed by atoms with Gasteiger partial charge in [0.15, 0.2) is 0 Å². The van der Waals surface area contributed by atoms with Crippen molar-refractivity contribution in [1.29, 1.82) is 0 Å². The molecule has 24 heavy (non-hydrogen) atoms. The zero-order valence-electron chi connectivity index (χ0n) is 14.7. The molecule has 0 saturated carbocycles. The number of hydrogen-bond acceptors (Lipinski definition) is 3. The molecular formula is C20H32O4. The third kappa shape index (κ3) is 16.7. The third-order valence-corrected chi connectivity index (χ3v) is 3.33. The third-order valence-electron chi connectivity index (χ3n) is 3.33. The predicted molar refractivity (Wildman–Crippen MR) is 98.8 cm³/mol. The Hall–Kier alpha value is -1.65. The number of rotatable bonds is 14. The zero-order valence-corrected chi connectivity index (χ0v) is 14.7. The first-order valence-electron chi connectivity index (χ1n) is 8.79. The zero-order chi connectivity index (χ0) is 18.0. The van der Waals surface area contributed by atoms with Crippen molar-refractivity contribution in [2.75, 3.05) is 0 Å². The first kappa shape index (κ1) is 22.4. The van der Waals surface area contributed by atoms with Crippen LogP contribution in [0.1, 0.15) is 58.3 Å². The summed E-state index contributed by atoms with van der Waals surface area (Å²) in [6.07, 6.45) is 19.7. The lowest BCUT2D eigenvalue weighted by atomic mass is 10.1. The van der Waals surface area contributed by atoms with Crippen LogP contribution in [0.5, 0.6) is 0 Å². The number of carboxylic acids is 1. The summed E-state index contributed by atoms with van der Waals surface area (Å²) < 4.78 is 0. The van der Waals surface area contributed by atoms with Gasteiger partial charge in [-0.1, -0.05) is 62.0 Å². The second-order valence-electron chi connectivity index (χ2n) is 5.73. The van der Waals surface area contributed by atoms with E-state index in [1.807, 2.05) is 42.5 Å². The van der Waals surface area contributed by atoms with Crippen molar-refractivity contribution in [3.05, 3.63) is 48.6 Å². The smallest absolute Gasteiger partial charge is 0.303 e. The van der Waals surface area contributed by atoms with Crippen LogP contribution in [0.4, 0.5) is 0 Å². The van der Waals surface area contributed by atoms with Gasteiger partial charge in [-0.3, -0.25) is 4.79 Å². The molecule has 0 fully saturated rings. The van der Waals surface area contributed by atoms with E-state index in [2.05, 4.69) is 6.92 Å². The Labute approximate surface area is 145 Å². The number of unbranched alkanes of at least 4 members (excludes halogenated alkanes) is 2. The van der Waals surface area contributed by atoms with Crippen LogP contribution in [0.2, 0.25) is 0 Å². The van der Waals surface area contributed by atoms with E-state index < -0.39 is 12.1 Å². The maximum atomic E-state index is 10.3. The monoisotopic (exact) mass is 336 g/mol. The van der Waals surface area contributed by atoms with Gasteiger partial charge in [0.1, 0.15) is 0 Å². The van der Waals surface area contributed by atoms with Crippen molar-refractivity contribution < 1.29 is 20.1 Å². The fraction of sp³-hybridized carbons (Fsp3) is 0.550. The highest BCUT2D eigenvalue weighted by Gasteiger charge is 1.96. The van der Waals surface area contributed by atoms with Gasteiger partial charge in [-0.05, 0) is 38.5 Å². The average Bonchev–Trinajstić information content (AvgIpc) is 2.54. The summed E-state index contributed by atoms with van der Waals surface area (Å²) in [5, 5.41) is 27.9. The molecule has 0 bridgehead atoms. The Balaban J connectivity index is 3.73. The molecule has 0 aromatic carbocycles. The van der Waals surface area contributed by atoms with Crippen LogP contribution in [-0.2, 0) is 4.79 Å². The molecule has 0 amide bonds. The number of carboxylic acid groups (broad SMARTS) is 1. The largest absolute Gasteiger partial charge is 0.481 e. The van der Waals surface area contributed by atoms with Crippen LogP contribution < -0.4 is 0 Å². The number of hydrogen-bond donors (Lipinski definition) is 3. The second kappa shape index (κ2) is 16.2. The highest BCUT2D eigenvalue weighted by molar-refractivity contribution is 5.66. The molecule has 0 spiro atoms. The van der Waals surface area contributed by atoms with E-state index in [0.717, 1.165) is 25.7 Å². The molecule has 0 saturated heterocycles. The summed E-state index contributed by atoms with van der Waals surface area (Å²) in [6.45, 7) is 2.11. The van der Waals surface area contributed by atoms with E-state index in [1.165, 1.54) is 0 Å². The fourth-order valence-corrected chi connectivity index (χ4v) is 1.95. The van der Waals surface area contributed by atoms with Gasteiger partial charge in [-0.15, -0.1) is 0 Å². The van der Waals surface area contributed by atoms with Gasteiger partial charge < -0.3 is 15.3 Å². The van der Waals surface area contributed by atoms with Gasteiger partial charge in [-0.25, -0.2) is 0 Å². The summed E-state index contributed by atoms with van der Waals surface area (Å²) in [6, 6.07) is 0. The maximum absolute atomic E-state index is 10.3. The van der Waals surface area contributed by atoms with Crippen LogP contribution in [-0.4, -0.2) is 33.5 Å². The Morgan fingerprint density at radius 3 is 2.42 bits per heavy atom. The van der Waals surface area contributed by atoms with Crippen molar-refractivity contribution in [3.63, 3.8) is 0 Å². The maximum Gasteiger partial charge on any atom is 0.303 e. The number of aliphatic hydroxyl groups excluding tert-OH is 2. The summed E-state index contributed by atoms with van der Waals surface area (Å²) >= 11 is 0. The number of allylic oxidation sites excluding steroid dienone is 5. The van der Waals surface area contributed by atoms with Crippen LogP contribution in [0.25, 0.3) is 0 Å². The van der Waals surface area contributed by atoms with Crippen LogP contribution in [0, 0.1) is 0 Å². The first-order valence-corrected chi connectivity index (χ1v) is 8.79. The molecule has 0 aromatic heterocycles. The topological polar surface area (TPSA) is 77.8 Å². The lowest BCUT2D eigenvalue weighted by Crippen LogP contribution is -2.00. The Morgan fingerprint density at radius 1 is 0.917 bits per heavy atom. The molecule has 0 aliphatic rings. The first-order chi connectivity index (χ1) is 11.6. The Bertz CT molecular complexity index is 421. The summed E-state index contributed by atoms with van der Waals surface area (Å²) in [4.78, 5) is 10.3. The van der Waals surface area contributed by atoms with Gasteiger partial charge in [0.05, 0.1) is 12.2 Å². The van der Waals surface area contributed by atoms with E-state index in [0.29, 0.717) is 19.3 Å². The van der Waals surface area contributed by atoms with Crippen molar-refractivity contribution in [3.8, 4) is 0 Å². The van der Waals surface area contributed by atoms with E-state index >= 15 is 0 Å². The van der Waals surface area contributed by atoms with Gasteiger partial charge in [-0.2, -0.15) is 0 Å². The molecule has 4 nitrogen and oxygen atoms in total. The van der Waals surface area contributed by atoms with Crippen molar-refractivity contribution in [1.82, 2.24) is 0 Å². The van der Waals surface area contributed by atoms with Gasteiger partial charge in [0, 0.05) is 6.42 Å². The number of carbonyl (C=O) groups is 1. The van der Waals surface area contributed by atoms with Gasteiger partial charge in [0.25, 0.3) is 0 Å².